The number of anilines is 2. The highest BCUT2D eigenvalue weighted by Crippen LogP contribution is 2.27. The minimum absolute atomic E-state index is 0.0532. The van der Waals surface area contributed by atoms with E-state index >= 15 is 0 Å². The molecule has 0 radical (unpaired) electrons. The number of hydrogen-bond donors (Lipinski definition) is 2. The van der Waals surface area contributed by atoms with Crippen molar-refractivity contribution in [1.29, 1.82) is 0 Å². The van der Waals surface area contributed by atoms with Gasteiger partial charge in [-0.15, -0.1) is 0 Å². The zero-order valence-electron chi connectivity index (χ0n) is 8.97. The summed E-state index contributed by atoms with van der Waals surface area (Å²) in [5.74, 6) is 0.458. The fourth-order valence-electron chi connectivity index (χ4n) is 1.76. The third-order valence-corrected chi connectivity index (χ3v) is 2.73. The Morgan fingerprint density at radius 1 is 1.62 bits per heavy atom. The summed E-state index contributed by atoms with van der Waals surface area (Å²) in [5, 5.41) is 9.48. The summed E-state index contributed by atoms with van der Waals surface area (Å²) in [6.07, 6.45) is 0.694. The van der Waals surface area contributed by atoms with Gasteiger partial charge >= 0.3 is 0 Å². The molecule has 1 aromatic rings. The van der Waals surface area contributed by atoms with Gasteiger partial charge in [-0.2, -0.15) is 4.98 Å². The number of aromatic nitrogens is 3. The zero-order chi connectivity index (χ0) is 11.8. The van der Waals surface area contributed by atoms with E-state index in [0.29, 0.717) is 18.9 Å². The van der Waals surface area contributed by atoms with Crippen LogP contribution in [0.1, 0.15) is 13.3 Å². The van der Waals surface area contributed by atoms with Gasteiger partial charge in [0.15, 0.2) is 5.67 Å². The average Bonchev–Trinajstić information content (AvgIpc) is 2.22. The van der Waals surface area contributed by atoms with Crippen LogP contribution in [0, 0.1) is 0 Å². The molecular formula is C9H14FN5O. The first kappa shape index (κ1) is 11.0. The molecule has 2 heterocycles. The second kappa shape index (κ2) is 3.82. The van der Waals surface area contributed by atoms with E-state index < -0.39 is 11.8 Å². The number of aliphatic hydroxyl groups is 1. The minimum Gasteiger partial charge on any atom is -0.390 e. The second-order valence-electron chi connectivity index (χ2n) is 4.15. The quantitative estimate of drug-likeness (QED) is 0.688. The molecule has 2 rings (SSSR count). The van der Waals surface area contributed by atoms with Crippen LogP contribution in [0.2, 0.25) is 0 Å². The van der Waals surface area contributed by atoms with Crippen molar-refractivity contribution in [3.8, 4) is 0 Å². The van der Waals surface area contributed by atoms with Crippen molar-refractivity contribution in [2.75, 3.05) is 23.7 Å². The lowest BCUT2D eigenvalue weighted by atomic mass is 9.94. The third kappa shape index (κ3) is 2.04. The van der Waals surface area contributed by atoms with Crippen molar-refractivity contribution in [3.05, 3.63) is 6.33 Å². The maximum atomic E-state index is 13.9. The highest BCUT2D eigenvalue weighted by Gasteiger charge is 2.39. The number of aliphatic hydroxyl groups excluding tert-OH is 1. The van der Waals surface area contributed by atoms with Gasteiger partial charge in [-0.05, 0) is 13.3 Å². The van der Waals surface area contributed by atoms with E-state index in [2.05, 4.69) is 15.0 Å². The van der Waals surface area contributed by atoms with Crippen LogP contribution in [0.4, 0.5) is 16.3 Å². The van der Waals surface area contributed by atoms with Crippen LogP contribution in [0.25, 0.3) is 0 Å². The molecule has 0 unspecified atom stereocenters. The molecule has 0 bridgehead atoms. The molecule has 7 heteroatoms. The Balaban J connectivity index is 2.18. The van der Waals surface area contributed by atoms with Crippen LogP contribution in [-0.4, -0.2) is 44.9 Å². The third-order valence-electron chi connectivity index (χ3n) is 2.73. The monoisotopic (exact) mass is 227 g/mol. The maximum Gasteiger partial charge on any atom is 0.230 e. The molecule has 2 atom stereocenters. The molecule has 1 aliphatic heterocycles. The van der Waals surface area contributed by atoms with E-state index in [0.717, 1.165) is 0 Å². The van der Waals surface area contributed by atoms with E-state index in [1.54, 1.807) is 4.90 Å². The van der Waals surface area contributed by atoms with Crippen LogP contribution < -0.4 is 10.6 Å². The first-order chi connectivity index (χ1) is 7.49. The van der Waals surface area contributed by atoms with Crippen molar-refractivity contribution in [3.63, 3.8) is 0 Å². The standard InChI is InChI=1S/C9H14FN5O/c1-9(10)4-15(3-2-6(9)16)8-13-5-12-7(11)14-8/h5-6,16H,2-4H2,1H3,(H2,11,12,13,14)/t6-,9-/m1/s1. The SMILES string of the molecule is C[C@@]1(F)CN(c2ncnc(N)n2)CC[C@H]1O. The van der Waals surface area contributed by atoms with Gasteiger partial charge in [0.05, 0.1) is 12.6 Å². The molecule has 0 saturated carbocycles. The lowest BCUT2D eigenvalue weighted by molar-refractivity contribution is -0.00860. The molecule has 0 aliphatic carbocycles. The van der Waals surface area contributed by atoms with Crippen molar-refractivity contribution >= 4 is 11.9 Å². The molecule has 0 spiro atoms. The summed E-state index contributed by atoms with van der Waals surface area (Å²) >= 11 is 0. The number of alkyl halides is 1. The van der Waals surface area contributed by atoms with Gasteiger partial charge in [0.2, 0.25) is 11.9 Å². The van der Waals surface area contributed by atoms with E-state index in [9.17, 15) is 9.50 Å². The van der Waals surface area contributed by atoms with Crippen molar-refractivity contribution in [2.24, 2.45) is 0 Å². The predicted octanol–water partition coefficient (Wildman–Crippen LogP) is -0.247. The molecule has 88 valence electrons. The number of nitrogens with two attached hydrogens (primary N) is 1. The number of halogens is 1. The lowest BCUT2D eigenvalue weighted by Gasteiger charge is -2.38. The molecule has 1 aromatic heterocycles. The Morgan fingerprint density at radius 3 is 3.00 bits per heavy atom. The fraction of sp³-hybridized carbons (Fsp3) is 0.667. The van der Waals surface area contributed by atoms with E-state index in [-0.39, 0.29) is 12.5 Å². The van der Waals surface area contributed by atoms with Crippen LogP contribution in [-0.2, 0) is 0 Å². The number of hydrogen-bond acceptors (Lipinski definition) is 6. The molecule has 16 heavy (non-hydrogen) atoms. The Labute approximate surface area is 92.3 Å². The average molecular weight is 227 g/mol. The molecule has 0 aromatic carbocycles. The van der Waals surface area contributed by atoms with Crippen LogP contribution >= 0.6 is 0 Å². The Morgan fingerprint density at radius 2 is 2.38 bits per heavy atom. The lowest BCUT2D eigenvalue weighted by Crippen LogP contribution is -2.53. The van der Waals surface area contributed by atoms with Crippen LogP contribution in [0.5, 0.6) is 0 Å². The number of nitrogens with zero attached hydrogens (tertiary/aromatic N) is 4. The van der Waals surface area contributed by atoms with E-state index in [1.807, 2.05) is 0 Å². The van der Waals surface area contributed by atoms with Gasteiger partial charge in [-0.1, -0.05) is 0 Å². The minimum atomic E-state index is -1.65. The largest absolute Gasteiger partial charge is 0.390 e. The molecular weight excluding hydrogens is 213 g/mol. The topological polar surface area (TPSA) is 88.2 Å². The number of piperidine rings is 1. The van der Waals surface area contributed by atoms with Gasteiger partial charge in [-0.25, -0.2) is 14.4 Å². The maximum absolute atomic E-state index is 13.9. The predicted molar refractivity (Wildman–Crippen MR) is 56.6 cm³/mol. The van der Waals surface area contributed by atoms with Crippen molar-refractivity contribution in [2.45, 2.75) is 25.1 Å². The van der Waals surface area contributed by atoms with E-state index in [4.69, 9.17) is 5.73 Å². The number of nitrogen functional groups attached to an aromatic ring is 1. The zero-order valence-corrected chi connectivity index (χ0v) is 8.97. The summed E-state index contributed by atoms with van der Waals surface area (Å²) in [4.78, 5) is 13.2. The molecule has 1 fully saturated rings. The van der Waals surface area contributed by atoms with Crippen LogP contribution in [0.15, 0.2) is 6.33 Å². The summed E-state index contributed by atoms with van der Waals surface area (Å²) < 4.78 is 13.9. The normalized spacial score (nSPS) is 30.4. The fourth-order valence-corrected chi connectivity index (χ4v) is 1.76. The summed E-state index contributed by atoms with van der Waals surface area (Å²) in [6, 6.07) is 0. The summed E-state index contributed by atoms with van der Waals surface area (Å²) in [5.41, 5.74) is 3.78. The molecule has 3 N–H and O–H groups in total. The van der Waals surface area contributed by atoms with Crippen molar-refractivity contribution in [1.82, 2.24) is 15.0 Å². The summed E-state index contributed by atoms with van der Waals surface area (Å²) in [7, 11) is 0. The molecule has 1 saturated heterocycles. The Kier molecular flexibility index (Phi) is 2.63. The first-order valence-electron chi connectivity index (χ1n) is 5.05. The van der Waals surface area contributed by atoms with Gasteiger partial charge in [0, 0.05) is 6.54 Å². The Bertz CT molecular complexity index is 386. The smallest absolute Gasteiger partial charge is 0.230 e. The Hall–Kier alpha value is -1.50. The highest BCUT2D eigenvalue weighted by molar-refractivity contribution is 5.34. The first-order valence-corrected chi connectivity index (χ1v) is 5.05. The van der Waals surface area contributed by atoms with Crippen LogP contribution in [0.3, 0.4) is 0 Å². The van der Waals surface area contributed by atoms with Gasteiger partial charge in [-0.3, -0.25) is 0 Å². The number of rotatable bonds is 1. The molecule has 0 amide bonds. The van der Waals surface area contributed by atoms with Crippen molar-refractivity contribution < 1.29 is 9.50 Å². The van der Waals surface area contributed by atoms with E-state index in [1.165, 1.54) is 13.3 Å². The summed E-state index contributed by atoms with van der Waals surface area (Å²) in [6.45, 7) is 1.93. The highest BCUT2D eigenvalue weighted by atomic mass is 19.1. The molecule has 6 nitrogen and oxygen atoms in total. The van der Waals surface area contributed by atoms with Gasteiger partial charge in [0.1, 0.15) is 6.33 Å². The van der Waals surface area contributed by atoms with Gasteiger partial charge < -0.3 is 15.7 Å². The second-order valence-corrected chi connectivity index (χ2v) is 4.15. The van der Waals surface area contributed by atoms with Gasteiger partial charge in [0.25, 0.3) is 0 Å². The molecule has 1 aliphatic rings.